The van der Waals surface area contributed by atoms with Crippen molar-refractivity contribution in [3.63, 3.8) is 0 Å². The Morgan fingerprint density at radius 1 is 1.23 bits per heavy atom. The first-order chi connectivity index (χ1) is 20.5. The number of piperidine rings is 1. The number of primary amides is 1. The highest BCUT2D eigenvalue weighted by atomic mass is 32.2. The third kappa shape index (κ3) is 4.53. The monoisotopic (exact) mass is 613 g/mol. The Kier molecular flexibility index (Phi) is 6.43. The number of carbonyl (C=O) groups is 1. The van der Waals surface area contributed by atoms with Gasteiger partial charge >= 0.3 is 6.55 Å². The number of nitrogens with two attached hydrogens (primary N) is 1. The van der Waals surface area contributed by atoms with Gasteiger partial charge in [0.05, 0.1) is 30.3 Å². The first kappa shape index (κ1) is 28.0. The van der Waals surface area contributed by atoms with Crippen LogP contribution in [0.2, 0.25) is 0 Å². The van der Waals surface area contributed by atoms with E-state index in [-0.39, 0.29) is 22.1 Å². The van der Waals surface area contributed by atoms with Gasteiger partial charge in [-0.2, -0.15) is 13.1 Å². The van der Waals surface area contributed by atoms with Crippen molar-refractivity contribution in [3.8, 4) is 17.3 Å². The summed E-state index contributed by atoms with van der Waals surface area (Å²) in [5.74, 6) is 0.515. The van der Waals surface area contributed by atoms with Crippen molar-refractivity contribution in [1.82, 2.24) is 24.3 Å². The number of anilines is 1. The van der Waals surface area contributed by atoms with E-state index in [2.05, 4.69) is 10.3 Å². The summed E-state index contributed by atoms with van der Waals surface area (Å²) in [4.78, 5) is 22.1. The molecule has 3 fully saturated rings. The molecule has 7 rings (SSSR count). The van der Waals surface area contributed by atoms with Crippen LogP contribution >= 0.6 is 0 Å². The lowest BCUT2D eigenvalue weighted by atomic mass is 10.0. The molecule has 3 unspecified atom stereocenters. The van der Waals surface area contributed by atoms with Crippen molar-refractivity contribution in [2.24, 2.45) is 17.6 Å². The molecule has 3 aliphatic rings. The van der Waals surface area contributed by atoms with Gasteiger partial charge in [0.15, 0.2) is 0 Å². The third-order valence-corrected chi connectivity index (χ3v) is 10.1. The maximum absolute atomic E-state index is 13.8. The Bertz CT molecular complexity index is 1890. The van der Waals surface area contributed by atoms with Crippen molar-refractivity contribution in [1.29, 1.82) is 0 Å². The lowest BCUT2D eigenvalue weighted by Crippen LogP contribution is -2.35. The van der Waals surface area contributed by atoms with Gasteiger partial charge < -0.3 is 20.4 Å². The zero-order chi connectivity index (χ0) is 30.4. The molecule has 0 radical (unpaired) electrons. The molecule has 4 aromatic heterocycles. The van der Waals surface area contributed by atoms with Crippen LogP contribution < -0.4 is 20.1 Å². The summed E-state index contributed by atoms with van der Waals surface area (Å²) in [6, 6.07) is 6.76. The Balaban J connectivity index is 1.43. The van der Waals surface area contributed by atoms with E-state index in [4.69, 9.17) is 15.5 Å². The highest BCUT2D eigenvalue weighted by Crippen LogP contribution is 2.55. The van der Waals surface area contributed by atoms with Gasteiger partial charge in [-0.1, -0.05) is 0 Å². The molecule has 0 spiro atoms. The minimum absolute atomic E-state index is 0.0266. The number of sulfonamides is 1. The number of pyridine rings is 2. The number of nitrogens with zero attached hydrogens (tertiary/aromatic N) is 5. The van der Waals surface area contributed by atoms with E-state index in [1.165, 1.54) is 6.07 Å². The molecule has 2 saturated carbocycles. The van der Waals surface area contributed by atoms with Crippen LogP contribution in [0, 0.1) is 18.8 Å². The standard InChI is InChI=1S/C29H33F2N7O4S/c1-14-24(34-21-12-18(26(32)39)23(28(42-2)37(14)21)22-17-5-4-10-33-25(17)22)19-11-16-8-9-20(38(29(30)31)43(3,40)41)35-27(16)36(19)13-15-6-7-15/h8-9,11-12,15,17,22,25,29,33H,4-7,10,13H2,1-3H3,(H2,32,39). The molecule has 14 heteroatoms. The summed E-state index contributed by atoms with van der Waals surface area (Å²) in [5.41, 5.74) is 10.1. The molecule has 228 valence electrons. The number of ether oxygens (including phenoxy) is 1. The maximum Gasteiger partial charge on any atom is 0.329 e. The van der Waals surface area contributed by atoms with E-state index in [0.717, 1.165) is 49.7 Å². The van der Waals surface area contributed by atoms with Gasteiger partial charge in [0.2, 0.25) is 21.8 Å². The minimum Gasteiger partial charge on any atom is -0.482 e. The number of carbonyl (C=O) groups excluding carboxylic acids is 1. The smallest absolute Gasteiger partial charge is 0.329 e. The molecule has 4 aromatic rings. The van der Waals surface area contributed by atoms with Crippen molar-refractivity contribution in [2.45, 2.75) is 57.7 Å². The third-order valence-electron chi connectivity index (χ3n) is 9.06. The Hall–Kier alpha value is -3.78. The Morgan fingerprint density at radius 2 is 2.00 bits per heavy atom. The number of rotatable bonds is 9. The summed E-state index contributed by atoms with van der Waals surface area (Å²) in [6.07, 6.45) is 4.91. The SMILES string of the molecule is COc1c(C2C3CCCNC32)c(C(N)=O)cc2nc(-c3cc4ccc(N(C(F)F)S(C)(=O)=O)nc4n3CC3CC3)c(C)n12. The van der Waals surface area contributed by atoms with Crippen LogP contribution in [0.15, 0.2) is 24.3 Å². The number of fused-ring (bicyclic) bond motifs is 3. The van der Waals surface area contributed by atoms with Gasteiger partial charge in [-0.25, -0.2) is 18.4 Å². The van der Waals surface area contributed by atoms with Gasteiger partial charge in [0, 0.05) is 29.5 Å². The summed E-state index contributed by atoms with van der Waals surface area (Å²) >= 11 is 0. The van der Waals surface area contributed by atoms with Crippen LogP contribution in [0.25, 0.3) is 28.1 Å². The van der Waals surface area contributed by atoms with Crippen LogP contribution in [0.3, 0.4) is 0 Å². The second-order valence-electron chi connectivity index (χ2n) is 11.9. The normalized spacial score (nSPS) is 21.9. The molecule has 0 bridgehead atoms. The van der Waals surface area contributed by atoms with E-state index in [1.54, 1.807) is 19.2 Å². The molecule has 5 heterocycles. The van der Waals surface area contributed by atoms with E-state index < -0.39 is 22.5 Å². The number of amides is 1. The van der Waals surface area contributed by atoms with E-state index >= 15 is 0 Å². The number of alkyl halides is 2. The first-order valence-corrected chi connectivity index (χ1v) is 16.3. The number of methoxy groups -OCH3 is 1. The predicted molar refractivity (Wildman–Crippen MR) is 157 cm³/mol. The largest absolute Gasteiger partial charge is 0.482 e. The van der Waals surface area contributed by atoms with Gasteiger partial charge in [-0.3, -0.25) is 9.20 Å². The number of hydrogen-bond donors (Lipinski definition) is 2. The van der Waals surface area contributed by atoms with Gasteiger partial charge in [0.25, 0.3) is 0 Å². The van der Waals surface area contributed by atoms with Crippen molar-refractivity contribution >= 4 is 38.4 Å². The van der Waals surface area contributed by atoms with Gasteiger partial charge in [-0.05, 0) is 75.3 Å². The second kappa shape index (κ2) is 9.88. The zero-order valence-corrected chi connectivity index (χ0v) is 24.9. The first-order valence-electron chi connectivity index (χ1n) is 14.4. The molecule has 11 nitrogen and oxygen atoms in total. The quantitative estimate of drug-likeness (QED) is 0.275. The fourth-order valence-corrected chi connectivity index (χ4v) is 7.63. The predicted octanol–water partition coefficient (Wildman–Crippen LogP) is 3.63. The highest BCUT2D eigenvalue weighted by Gasteiger charge is 2.54. The number of hydrogen-bond acceptors (Lipinski definition) is 7. The number of aryl methyl sites for hydroxylation is 1. The van der Waals surface area contributed by atoms with Crippen LogP contribution in [-0.2, 0) is 16.6 Å². The summed E-state index contributed by atoms with van der Waals surface area (Å²) < 4.78 is 61.9. The molecule has 1 saturated heterocycles. The molecule has 1 aliphatic heterocycles. The van der Waals surface area contributed by atoms with Crippen LogP contribution in [0.5, 0.6) is 5.88 Å². The molecule has 3 atom stereocenters. The Morgan fingerprint density at radius 3 is 2.60 bits per heavy atom. The topological polar surface area (TPSA) is 137 Å². The number of halogens is 2. The highest BCUT2D eigenvalue weighted by molar-refractivity contribution is 7.92. The fraction of sp³-hybridized carbons (Fsp3) is 0.483. The van der Waals surface area contributed by atoms with E-state index in [0.29, 0.717) is 57.9 Å². The second-order valence-corrected chi connectivity index (χ2v) is 13.8. The zero-order valence-electron chi connectivity index (χ0n) is 24.0. The summed E-state index contributed by atoms with van der Waals surface area (Å²) in [6.45, 7) is 0.147. The lowest BCUT2D eigenvalue weighted by Gasteiger charge is -2.20. The van der Waals surface area contributed by atoms with Crippen molar-refractivity contribution in [3.05, 3.63) is 41.1 Å². The Labute approximate surface area is 247 Å². The average Bonchev–Trinajstić information content (AvgIpc) is 3.84. The van der Waals surface area contributed by atoms with E-state index in [9.17, 15) is 22.0 Å². The number of nitrogens with one attached hydrogen (secondary N) is 1. The maximum atomic E-state index is 13.8. The summed E-state index contributed by atoms with van der Waals surface area (Å²) in [5, 5.41) is 4.22. The molecule has 1 amide bonds. The molecule has 3 N–H and O–H groups in total. The van der Waals surface area contributed by atoms with Crippen LogP contribution in [0.4, 0.5) is 14.6 Å². The van der Waals surface area contributed by atoms with Crippen molar-refractivity contribution < 1.29 is 26.7 Å². The fourth-order valence-electron chi connectivity index (χ4n) is 6.89. The molecule has 43 heavy (non-hydrogen) atoms. The van der Waals surface area contributed by atoms with Crippen molar-refractivity contribution in [2.75, 3.05) is 24.2 Å². The van der Waals surface area contributed by atoms with Gasteiger partial charge in [0.1, 0.15) is 22.8 Å². The lowest BCUT2D eigenvalue weighted by molar-refractivity contribution is 0.0998. The van der Waals surface area contributed by atoms with Crippen LogP contribution in [0.1, 0.15) is 53.2 Å². The number of aromatic nitrogens is 4. The van der Waals surface area contributed by atoms with Gasteiger partial charge in [-0.15, -0.1) is 0 Å². The molecular formula is C29H33F2N7O4S. The molecule has 0 aromatic carbocycles. The minimum atomic E-state index is -4.27. The number of imidazole rings is 1. The summed E-state index contributed by atoms with van der Waals surface area (Å²) in [7, 11) is -2.69. The average molecular weight is 614 g/mol. The van der Waals surface area contributed by atoms with E-state index in [1.807, 2.05) is 22.0 Å². The molecular weight excluding hydrogens is 580 g/mol. The van der Waals surface area contributed by atoms with Crippen LogP contribution in [-0.4, -0.2) is 65.8 Å². The molecule has 2 aliphatic carbocycles.